The van der Waals surface area contributed by atoms with Crippen molar-refractivity contribution in [1.29, 1.82) is 0 Å². The molecule has 57 heavy (non-hydrogen) atoms. The van der Waals surface area contributed by atoms with Crippen LogP contribution in [-0.2, 0) is 0 Å². The second kappa shape index (κ2) is 12.3. The average Bonchev–Trinajstić information content (AvgIpc) is 3.96. The van der Waals surface area contributed by atoms with Gasteiger partial charge in [-0.15, -0.1) is 0 Å². The highest BCUT2D eigenvalue weighted by atomic mass is 16.3. The Morgan fingerprint density at radius 1 is 0.228 bits per heavy atom. The Hall–Kier alpha value is -7.83. The Kier molecular flexibility index (Phi) is 6.83. The van der Waals surface area contributed by atoms with Gasteiger partial charge in [-0.05, 0) is 89.0 Å². The summed E-state index contributed by atoms with van der Waals surface area (Å²) in [5.74, 6) is 1.66. The molecule has 0 N–H and O–H groups in total. The van der Waals surface area contributed by atoms with Gasteiger partial charge in [-0.25, -0.2) is 15.0 Å². The number of fused-ring (bicyclic) bond motifs is 9. The van der Waals surface area contributed by atoms with Crippen LogP contribution < -0.4 is 0 Å². The van der Waals surface area contributed by atoms with E-state index in [2.05, 4.69) is 103 Å². The van der Waals surface area contributed by atoms with E-state index in [1.54, 1.807) is 0 Å². The molecule has 0 radical (unpaired) electrons. The third kappa shape index (κ3) is 5.23. The molecule has 0 spiro atoms. The van der Waals surface area contributed by atoms with Gasteiger partial charge in [0.2, 0.25) is 0 Å². The Morgan fingerprint density at radius 2 is 0.614 bits per heavy atom. The van der Waals surface area contributed by atoms with E-state index in [0.29, 0.717) is 17.5 Å². The van der Waals surface area contributed by atoms with Crippen LogP contribution in [0, 0.1) is 0 Å². The Morgan fingerprint density at radius 3 is 1.23 bits per heavy atom. The van der Waals surface area contributed by atoms with Crippen LogP contribution >= 0.6 is 0 Å². The summed E-state index contributed by atoms with van der Waals surface area (Å²) in [6.07, 6.45) is 0. The third-order valence-electron chi connectivity index (χ3n) is 10.9. The van der Waals surface area contributed by atoms with Crippen LogP contribution in [0.25, 0.3) is 122 Å². The number of aromatic nitrogens is 3. The zero-order chi connectivity index (χ0) is 37.5. The van der Waals surface area contributed by atoms with Gasteiger partial charge in [0.15, 0.2) is 17.5 Å². The highest BCUT2D eigenvalue weighted by molar-refractivity contribution is 6.08. The van der Waals surface area contributed by atoms with Crippen molar-refractivity contribution >= 4 is 65.8 Å². The van der Waals surface area contributed by atoms with Gasteiger partial charge in [0.25, 0.3) is 0 Å². The first-order valence-corrected chi connectivity index (χ1v) is 18.9. The first-order valence-electron chi connectivity index (χ1n) is 18.9. The van der Waals surface area contributed by atoms with E-state index in [9.17, 15) is 0 Å². The topological polar surface area (TPSA) is 78.1 Å². The lowest BCUT2D eigenvalue weighted by Crippen LogP contribution is -2.00. The third-order valence-corrected chi connectivity index (χ3v) is 10.9. The standard InChI is InChI=1S/C51H29N3O3/c1-2-9-30(10-3-1)32-19-23-46-42(26-32)40-22-18-36(29-48(40)57-46)51-53-49(52-50(54-51)35-17-21-39-37-13-4-6-15-43(37)56-47(39)28-35)34-12-8-11-31(25-34)33-20-24-45-41(27-33)38-14-5-7-16-44(38)55-45/h1-29H. The highest BCUT2D eigenvalue weighted by Crippen LogP contribution is 2.37. The number of nitrogens with zero attached hydrogens (tertiary/aromatic N) is 3. The van der Waals surface area contributed by atoms with Gasteiger partial charge in [-0.1, -0.05) is 109 Å². The minimum absolute atomic E-state index is 0.545. The molecule has 0 saturated heterocycles. The Bertz CT molecular complexity index is 3540. The lowest BCUT2D eigenvalue weighted by atomic mass is 10.0. The molecular weight excluding hydrogens is 703 g/mol. The molecule has 6 heteroatoms. The maximum Gasteiger partial charge on any atom is 0.164 e. The molecule has 12 aromatic rings. The molecule has 0 fully saturated rings. The van der Waals surface area contributed by atoms with Crippen LogP contribution in [0.3, 0.4) is 0 Å². The van der Waals surface area contributed by atoms with E-state index < -0.39 is 0 Å². The zero-order valence-corrected chi connectivity index (χ0v) is 30.3. The molecule has 0 amide bonds. The van der Waals surface area contributed by atoms with Crippen molar-refractivity contribution in [2.75, 3.05) is 0 Å². The summed E-state index contributed by atoms with van der Waals surface area (Å²) in [5.41, 5.74) is 11.9. The molecule has 6 nitrogen and oxygen atoms in total. The maximum absolute atomic E-state index is 6.44. The van der Waals surface area contributed by atoms with Crippen LogP contribution in [0.15, 0.2) is 189 Å². The largest absolute Gasteiger partial charge is 0.456 e. The van der Waals surface area contributed by atoms with Crippen LogP contribution in [0.4, 0.5) is 0 Å². The number of furan rings is 3. The van der Waals surface area contributed by atoms with Crippen LogP contribution in [0.2, 0.25) is 0 Å². The van der Waals surface area contributed by atoms with Crippen molar-refractivity contribution in [1.82, 2.24) is 15.0 Å². The van der Waals surface area contributed by atoms with Crippen molar-refractivity contribution in [3.63, 3.8) is 0 Å². The van der Waals surface area contributed by atoms with E-state index in [-0.39, 0.29) is 0 Å². The molecule has 12 rings (SSSR count). The maximum atomic E-state index is 6.44. The first-order chi connectivity index (χ1) is 28.2. The Labute approximate surface area is 325 Å². The van der Waals surface area contributed by atoms with Gasteiger partial charge in [0.05, 0.1) is 0 Å². The second-order valence-electron chi connectivity index (χ2n) is 14.4. The van der Waals surface area contributed by atoms with Crippen molar-refractivity contribution in [3.05, 3.63) is 176 Å². The monoisotopic (exact) mass is 731 g/mol. The van der Waals surface area contributed by atoms with Crippen molar-refractivity contribution in [2.24, 2.45) is 0 Å². The molecule has 0 saturated carbocycles. The quantitative estimate of drug-likeness (QED) is 0.175. The first kappa shape index (κ1) is 31.5. The summed E-state index contributed by atoms with van der Waals surface area (Å²) in [6, 6.07) is 60.0. The van der Waals surface area contributed by atoms with E-state index >= 15 is 0 Å². The molecule has 0 aliphatic carbocycles. The van der Waals surface area contributed by atoms with E-state index in [4.69, 9.17) is 28.2 Å². The molecule has 0 bridgehead atoms. The van der Waals surface area contributed by atoms with Crippen LogP contribution in [0.5, 0.6) is 0 Å². The summed E-state index contributed by atoms with van der Waals surface area (Å²) >= 11 is 0. The van der Waals surface area contributed by atoms with Gasteiger partial charge < -0.3 is 13.3 Å². The van der Waals surface area contributed by atoms with Gasteiger partial charge in [-0.2, -0.15) is 0 Å². The molecule has 4 aromatic heterocycles. The summed E-state index contributed by atoms with van der Waals surface area (Å²) in [7, 11) is 0. The highest BCUT2D eigenvalue weighted by Gasteiger charge is 2.18. The zero-order valence-electron chi connectivity index (χ0n) is 30.3. The summed E-state index contributed by atoms with van der Waals surface area (Å²) in [6.45, 7) is 0. The average molecular weight is 732 g/mol. The van der Waals surface area contributed by atoms with Crippen molar-refractivity contribution < 1.29 is 13.3 Å². The molecular formula is C51H29N3O3. The minimum Gasteiger partial charge on any atom is -0.456 e. The van der Waals surface area contributed by atoms with Gasteiger partial charge >= 0.3 is 0 Å². The smallest absolute Gasteiger partial charge is 0.164 e. The second-order valence-corrected chi connectivity index (χ2v) is 14.4. The fourth-order valence-electron chi connectivity index (χ4n) is 8.10. The minimum atomic E-state index is 0.545. The fourth-order valence-corrected chi connectivity index (χ4v) is 8.10. The summed E-state index contributed by atoms with van der Waals surface area (Å²) in [4.78, 5) is 15.3. The van der Waals surface area contributed by atoms with Gasteiger partial charge in [0, 0.05) is 49.0 Å². The van der Waals surface area contributed by atoms with Crippen molar-refractivity contribution in [2.45, 2.75) is 0 Å². The Balaban J connectivity index is 1.00. The number of hydrogen-bond acceptors (Lipinski definition) is 6. The number of hydrogen-bond donors (Lipinski definition) is 0. The van der Waals surface area contributed by atoms with Gasteiger partial charge in [0.1, 0.15) is 33.5 Å². The van der Waals surface area contributed by atoms with Gasteiger partial charge in [-0.3, -0.25) is 0 Å². The molecule has 266 valence electrons. The molecule has 0 atom stereocenters. The van der Waals surface area contributed by atoms with Crippen LogP contribution in [0.1, 0.15) is 0 Å². The molecule has 4 heterocycles. The number of benzene rings is 8. The lowest BCUT2D eigenvalue weighted by molar-refractivity contribution is 0.668. The number of rotatable bonds is 5. The fraction of sp³-hybridized carbons (Fsp3) is 0. The summed E-state index contributed by atoms with van der Waals surface area (Å²) < 4.78 is 18.8. The molecule has 0 aliphatic heterocycles. The predicted molar refractivity (Wildman–Crippen MR) is 229 cm³/mol. The molecule has 0 aliphatic rings. The molecule has 8 aromatic carbocycles. The van der Waals surface area contributed by atoms with E-state index in [1.165, 1.54) is 0 Å². The van der Waals surface area contributed by atoms with E-state index in [0.717, 1.165) is 105 Å². The van der Waals surface area contributed by atoms with E-state index in [1.807, 2.05) is 72.8 Å². The lowest BCUT2D eigenvalue weighted by Gasteiger charge is -2.10. The molecule has 0 unspecified atom stereocenters. The van der Waals surface area contributed by atoms with Crippen molar-refractivity contribution in [3.8, 4) is 56.4 Å². The predicted octanol–water partition coefficient (Wildman–Crippen LogP) is 13.9. The normalized spacial score (nSPS) is 11.9. The number of para-hydroxylation sites is 2. The SMILES string of the molecule is c1ccc(-c2ccc3oc4cc(-c5nc(-c6cccc(-c7ccc8oc9ccccc9c8c7)c6)nc(-c6ccc7c(c6)oc6ccccc67)n5)ccc4c3c2)cc1. The summed E-state index contributed by atoms with van der Waals surface area (Å²) in [5, 5.41) is 6.39. The van der Waals surface area contributed by atoms with Crippen LogP contribution in [-0.4, -0.2) is 15.0 Å².